The summed E-state index contributed by atoms with van der Waals surface area (Å²) in [6.07, 6.45) is 7.51. The van der Waals surface area contributed by atoms with Crippen LogP contribution < -0.4 is 11.1 Å². The molecule has 0 aliphatic heterocycles. The van der Waals surface area contributed by atoms with Crippen LogP contribution in [-0.2, 0) is 9.53 Å². The van der Waals surface area contributed by atoms with Gasteiger partial charge < -0.3 is 15.8 Å². The van der Waals surface area contributed by atoms with Crippen molar-refractivity contribution in [3.05, 3.63) is 0 Å². The van der Waals surface area contributed by atoms with Gasteiger partial charge in [0.1, 0.15) is 5.54 Å². The van der Waals surface area contributed by atoms with Gasteiger partial charge in [-0.1, -0.05) is 20.3 Å². The number of primary amides is 1. The maximum Gasteiger partial charge on any atom is 0.238 e. The molecule has 2 aliphatic carbocycles. The number of hydrogen-bond donors (Lipinski definition) is 2. The Balaban J connectivity index is 1.80. The van der Waals surface area contributed by atoms with Gasteiger partial charge in [-0.25, -0.2) is 0 Å². The summed E-state index contributed by atoms with van der Waals surface area (Å²) >= 11 is 0. The van der Waals surface area contributed by atoms with Crippen LogP contribution in [0, 0.1) is 11.8 Å². The maximum absolute atomic E-state index is 12.0. The van der Waals surface area contributed by atoms with Gasteiger partial charge in [0.2, 0.25) is 5.91 Å². The number of nitrogens with two attached hydrogens (primary N) is 1. The molecular formula is C16H30N2O2. The van der Waals surface area contributed by atoms with E-state index >= 15 is 0 Å². The first-order valence-corrected chi connectivity index (χ1v) is 8.20. The Kier molecular flexibility index (Phi) is 5.44. The number of nitrogens with one attached hydrogen (secondary N) is 1. The third kappa shape index (κ3) is 3.95. The highest BCUT2D eigenvalue weighted by Crippen LogP contribution is 2.40. The molecule has 0 aromatic heterocycles. The Morgan fingerprint density at radius 1 is 1.35 bits per heavy atom. The van der Waals surface area contributed by atoms with Gasteiger partial charge >= 0.3 is 0 Å². The molecule has 0 spiro atoms. The molecule has 0 bridgehead atoms. The average molecular weight is 282 g/mol. The molecule has 2 unspecified atom stereocenters. The third-order valence-electron chi connectivity index (χ3n) is 4.75. The fourth-order valence-corrected chi connectivity index (χ4v) is 3.29. The van der Waals surface area contributed by atoms with Crippen molar-refractivity contribution in [2.75, 3.05) is 13.2 Å². The number of rotatable bonds is 9. The first-order chi connectivity index (χ1) is 9.54. The van der Waals surface area contributed by atoms with E-state index in [4.69, 9.17) is 10.5 Å². The van der Waals surface area contributed by atoms with Gasteiger partial charge in [0.15, 0.2) is 0 Å². The van der Waals surface area contributed by atoms with Crippen LogP contribution in [0.15, 0.2) is 0 Å². The van der Waals surface area contributed by atoms with Crippen molar-refractivity contribution >= 4 is 5.91 Å². The lowest BCUT2D eigenvalue weighted by molar-refractivity contribution is -0.126. The summed E-state index contributed by atoms with van der Waals surface area (Å²) < 4.78 is 5.72. The molecule has 0 heterocycles. The summed E-state index contributed by atoms with van der Waals surface area (Å²) in [6, 6.07) is 0.518. The second-order valence-corrected chi connectivity index (χ2v) is 6.93. The molecule has 2 atom stereocenters. The summed E-state index contributed by atoms with van der Waals surface area (Å²) in [6.45, 7) is 5.98. The molecule has 0 aromatic rings. The van der Waals surface area contributed by atoms with Gasteiger partial charge in [-0.05, 0) is 50.4 Å². The molecule has 1 amide bonds. The number of carbonyl (C=O) groups excluding carboxylic acids is 1. The van der Waals surface area contributed by atoms with Crippen LogP contribution in [0.3, 0.4) is 0 Å². The molecule has 3 N–H and O–H groups in total. The van der Waals surface area contributed by atoms with E-state index < -0.39 is 5.54 Å². The van der Waals surface area contributed by atoms with E-state index in [0.717, 1.165) is 45.3 Å². The predicted octanol–water partition coefficient (Wildman–Crippen LogP) is 2.22. The number of amides is 1. The van der Waals surface area contributed by atoms with E-state index in [1.807, 2.05) is 0 Å². The molecule has 0 radical (unpaired) electrons. The first kappa shape index (κ1) is 15.8. The van der Waals surface area contributed by atoms with Crippen LogP contribution in [0.1, 0.15) is 58.8 Å². The fraction of sp³-hybridized carbons (Fsp3) is 0.938. The standard InChI is InChI=1S/C16H30N2O2/c1-12(2)7-10-20-11-8-13-4-3-9-16(13,15(17)19)18-14-5-6-14/h12-14,18H,3-11H2,1-2H3,(H2,17,19). The lowest BCUT2D eigenvalue weighted by atomic mass is 9.84. The van der Waals surface area contributed by atoms with Crippen molar-refractivity contribution in [3.63, 3.8) is 0 Å². The Morgan fingerprint density at radius 2 is 2.10 bits per heavy atom. The summed E-state index contributed by atoms with van der Waals surface area (Å²) in [7, 11) is 0. The SMILES string of the molecule is CC(C)CCOCCC1CCCC1(NC1CC1)C(N)=O. The normalized spacial score (nSPS) is 30.1. The van der Waals surface area contributed by atoms with Crippen molar-refractivity contribution in [1.82, 2.24) is 5.32 Å². The molecule has 2 rings (SSSR count). The predicted molar refractivity (Wildman–Crippen MR) is 80.3 cm³/mol. The molecule has 0 saturated heterocycles. The van der Waals surface area contributed by atoms with Crippen LogP contribution >= 0.6 is 0 Å². The molecule has 2 fully saturated rings. The number of carbonyl (C=O) groups is 1. The summed E-state index contributed by atoms with van der Waals surface area (Å²) in [4.78, 5) is 12.0. The zero-order valence-corrected chi connectivity index (χ0v) is 13.0. The molecule has 116 valence electrons. The molecule has 0 aromatic carbocycles. The van der Waals surface area contributed by atoms with E-state index in [9.17, 15) is 4.79 Å². The van der Waals surface area contributed by atoms with Crippen LogP contribution in [-0.4, -0.2) is 30.7 Å². The molecule has 2 saturated carbocycles. The number of hydrogen-bond acceptors (Lipinski definition) is 3. The summed E-state index contributed by atoms with van der Waals surface area (Å²) in [5, 5.41) is 3.54. The minimum Gasteiger partial charge on any atom is -0.381 e. The van der Waals surface area contributed by atoms with E-state index in [-0.39, 0.29) is 5.91 Å². The van der Waals surface area contributed by atoms with Crippen molar-refractivity contribution < 1.29 is 9.53 Å². The molecule has 4 nitrogen and oxygen atoms in total. The Hall–Kier alpha value is -0.610. The Labute approximate surface area is 122 Å². The quantitative estimate of drug-likeness (QED) is 0.637. The minimum atomic E-state index is -0.456. The third-order valence-corrected chi connectivity index (χ3v) is 4.75. The number of ether oxygens (including phenoxy) is 1. The van der Waals surface area contributed by atoms with Crippen molar-refractivity contribution in [2.45, 2.75) is 70.4 Å². The maximum atomic E-state index is 12.0. The molecular weight excluding hydrogens is 252 g/mol. The molecule has 20 heavy (non-hydrogen) atoms. The smallest absolute Gasteiger partial charge is 0.238 e. The highest BCUT2D eigenvalue weighted by molar-refractivity contribution is 5.85. The second-order valence-electron chi connectivity index (χ2n) is 6.93. The monoisotopic (exact) mass is 282 g/mol. The van der Waals surface area contributed by atoms with E-state index in [1.54, 1.807) is 0 Å². The van der Waals surface area contributed by atoms with Gasteiger partial charge in [0.25, 0.3) is 0 Å². The van der Waals surface area contributed by atoms with Gasteiger partial charge in [-0.2, -0.15) is 0 Å². The Morgan fingerprint density at radius 3 is 2.70 bits per heavy atom. The van der Waals surface area contributed by atoms with Gasteiger partial charge in [0.05, 0.1) is 0 Å². The highest BCUT2D eigenvalue weighted by atomic mass is 16.5. The van der Waals surface area contributed by atoms with Gasteiger partial charge in [-0.15, -0.1) is 0 Å². The Bertz CT molecular complexity index is 328. The van der Waals surface area contributed by atoms with Crippen LogP contribution in [0.2, 0.25) is 0 Å². The van der Waals surface area contributed by atoms with Crippen LogP contribution in [0.4, 0.5) is 0 Å². The van der Waals surface area contributed by atoms with Crippen molar-refractivity contribution in [3.8, 4) is 0 Å². The lowest BCUT2D eigenvalue weighted by Gasteiger charge is -2.34. The second kappa shape index (κ2) is 6.90. The lowest BCUT2D eigenvalue weighted by Crippen LogP contribution is -2.58. The zero-order chi connectivity index (χ0) is 14.6. The largest absolute Gasteiger partial charge is 0.381 e. The first-order valence-electron chi connectivity index (χ1n) is 8.20. The fourth-order valence-electron chi connectivity index (χ4n) is 3.29. The minimum absolute atomic E-state index is 0.158. The van der Waals surface area contributed by atoms with Crippen LogP contribution in [0.5, 0.6) is 0 Å². The topological polar surface area (TPSA) is 64.3 Å². The highest BCUT2D eigenvalue weighted by Gasteiger charge is 2.49. The van der Waals surface area contributed by atoms with Gasteiger partial charge in [0, 0.05) is 19.3 Å². The van der Waals surface area contributed by atoms with Crippen molar-refractivity contribution in [2.24, 2.45) is 17.6 Å². The summed E-state index contributed by atoms with van der Waals surface area (Å²) in [5.74, 6) is 0.872. The van der Waals surface area contributed by atoms with Crippen molar-refractivity contribution in [1.29, 1.82) is 0 Å². The summed E-state index contributed by atoms with van der Waals surface area (Å²) in [5.41, 5.74) is 5.27. The zero-order valence-electron chi connectivity index (χ0n) is 13.0. The molecule has 2 aliphatic rings. The van der Waals surface area contributed by atoms with E-state index in [2.05, 4.69) is 19.2 Å². The average Bonchev–Trinajstić information content (AvgIpc) is 3.09. The van der Waals surface area contributed by atoms with Gasteiger partial charge in [-0.3, -0.25) is 4.79 Å². The molecule has 4 heteroatoms. The van der Waals surface area contributed by atoms with E-state index in [1.165, 1.54) is 12.8 Å². The van der Waals surface area contributed by atoms with E-state index in [0.29, 0.717) is 17.9 Å². The van der Waals surface area contributed by atoms with Crippen LogP contribution in [0.25, 0.3) is 0 Å².